The van der Waals surface area contributed by atoms with Crippen LogP contribution in [0.15, 0.2) is 54.6 Å². The molecule has 3 N–H and O–H groups in total. The van der Waals surface area contributed by atoms with Crippen LogP contribution in [0.5, 0.6) is 0 Å². The Balaban J connectivity index is 1.41. The van der Waals surface area contributed by atoms with Crippen molar-refractivity contribution in [2.45, 2.75) is 25.3 Å². The van der Waals surface area contributed by atoms with Gasteiger partial charge in [-0.2, -0.15) is 5.10 Å². The molecule has 1 unspecified atom stereocenters. The number of nitrogens with one attached hydrogen (secondary N) is 3. The second-order valence-electron chi connectivity index (χ2n) is 6.79. The van der Waals surface area contributed by atoms with Crippen LogP contribution in [0.3, 0.4) is 0 Å². The van der Waals surface area contributed by atoms with Crippen molar-refractivity contribution in [2.75, 3.05) is 5.32 Å². The van der Waals surface area contributed by atoms with Crippen molar-refractivity contribution in [3.63, 3.8) is 0 Å². The average Bonchev–Trinajstić information content (AvgIpc) is 3.08. The van der Waals surface area contributed by atoms with Gasteiger partial charge in [0.15, 0.2) is 0 Å². The lowest BCUT2D eigenvalue weighted by atomic mass is 10.1. The van der Waals surface area contributed by atoms with Crippen LogP contribution in [0.1, 0.15) is 33.7 Å². The minimum Gasteiger partial charge on any atom is -0.339 e. The van der Waals surface area contributed by atoms with E-state index in [0.29, 0.717) is 25.0 Å². The highest BCUT2D eigenvalue weighted by Crippen LogP contribution is 2.21. The van der Waals surface area contributed by atoms with E-state index in [1.807, 2.05) is 24.3 Å². The number of anilines is 1. The molecule has 1 aliphatic rings. The van der Waals surface area contributed by atoms with Gasteiger partial charge in [0.05, 0.1) is 5.69 Å². The van der Waals surface area contributed by atoms with Gasteiger partial charge < -0.3 is 10.6 Å². The third kappa shape index (κ3) is 3.93. The molecule has 0 bridgehead atoms. The van der Waals surface area contributed by atoms with Crippen LogP contribution < -0.4 is 10.6 Å². The number of halogens is 1. The van der Waals surface area contributed by atoms with Gasteiger partial charge in [-0.05, 0) is 48.2 Å². The summed E-state index contributed by atoms with van der Waals surface area (Å²) in [4.78, 5) is 25.0. The fourth-order valence-corrected chi connectivity index (χ4v) is 3.31. The number of carbonyl (C=O) groups is 2. The molecule has 1 aliphatic heterocycles. The first kappa shape index (κ1) is 17.9. The molecule has 0 saturated heterocycles. The number of aryl methyl sites for hydroxylation is 1. The van der Waals surface area contributed by atoms with Crippen molar-refractivity contribution < 1.29 is 14.0 Å². The molecule has 142 valence electrons. The Bertz CT molecular complexity index is 1030. The molecule has 2 amide bonds. The number of benzene rings is 2. The van der Waals surface area contributed by atoms with Gasteiger partial charge in [-0.15, -0.1) is 0 Å². The van der Waals surface area contributed by atoms with Crippen molar-refractivity contribution in [3.8, 4) is 0 Å². The maximum atomic E-state index is 13.3. The Morgan fingerprint density at radius 1 is 1.18 bits per heavy atom. The van der Waals surface area contributed by atoms with Crippen LogP contribution in [-0.2, 0) is 17.6 Å². The number of H-pyrrole nitrogens is 1. The first-order valence-corrected chi connectivity index (χ1v) is 9.07. The molecule has 1 atom stereocenters. The first-order valence-electron chi connectivity index (χ1n) is 9.07. The summed E-state index contributed by atoms with van der Waals surface area (Å²) in [6, 6.07) is 14.8. The lowest BCUT2D eigenvalue weighted by Crippen LogP contribution is -2.43. The third-order valence-corrected chi connectivity index (χ3v) is 4.75. The topological polar surface area (TPSA) is 86.9 Å². The molecule has 3 aromatic rings. The Kier molecular flexibility index (Phi) is 4.89. The molecule has 1 aromatic heterocycles. The van der Waals surface area contributed by atoms with Crippen LogP contribution in [0, 0.1) is 5.82 Å². The number of fused-ring (bicyclic) bond motifs is 1. The van der Waals surface area contributed by atoms with Gasteiger partial charge >= 0.3 is 0 Å². The van der Waals surface area contributed by atoms with E-state index >= 15 is 0 Å². The number of para-hydroxylation sites is 1. The van der Waals surface area contributed by atoms with E-state index in [1.54, 1.807) is 18.2 Å². The molecule has 28 heavy (non-hydrogen) atoms. The summed E-state index contributed by atoms with van der Waals surface area (Å²) in [5, 5.41) is 12.4. The molecule has 0 radical (unpaired) electrons. The molecule has 4 rings (SSSR count). The minimum atomic E-state index is -0.630. The van der Waals surface area contributed by atoms with Crippen LogP contribution in [0.25, 0.3) is 0 Å². The van der Waals surface area contributed by atoms with Gasteiger partial charge in [0.2, 0.25) is 5.91 Å². The number of amides is 2. The van der Waals surface area contributed by atoms with Gasteiger partial charge in [-0.1, -0.05) is 30.3 Å². The summed E-state index contributed by atoms with van der Waals surface area (Å²) in [7, 11) is 0. The summed E-state index contributed by atoms with van der Waals surface area (Å²) >= 11 is 0. The minimum absolute atomic E-state index is 0.238. The molecule has 2 aromatic carbocycles. The Morgan fingerprint density at radius 2 is 2.04 bits per heavy atom. The predicted octanol–water partition coefficient (Wildman–Crippen LogP) is 2.82. The molecule has 7 heteroatoms. The molecular formula is C21H19FN4O2. The molecule has 6 nitrogen and oxygen atoms in total. The van der Waals surface area contributed by atoms with Gasteiger partial charge in [0, 0.05) is 12.1 Å². The van der Waals surface area contributed by atoms with Crippen molar-refractivity contribution in [1.82, 2.24) is 15.5 Å². The molecule has 2 heterocycles. The van der Waals surface area contributed by atoms with Gasteiger partial charge in [0.25, 0.3) is 5.91 Å². The summed E-state index contributed by atoms with van der Waals surface area (Å²) in [6.07, 6.45) is 1.60. The van der Waals surface area contributed by atoms with Crippen molar-refractivity contribution >= 4 is 17.5 Å². The molecule has 0 saturated carbocycles. The standard InChI is InChI=1S/C21H19FN4O2/c22-15-6-3-4-13(10-15)11-16-12-19(26-25-16)21(28)24-18-9-8-14-5-1-2-7-17(14)23-20(18)27/h1-7,10,12,18H,8-9,11H2,(H,23,27)(H,24,28)(H,25,26). The smallest absolute Gasteiger partial charge is 0.269 e. The summed E-state index contributed by atoms with van der Waals surface area (Å²) in [6.45, 7) is 0. The van der Waals surface area contributed by atoms with Crippen molar-refractivity contribution in [2.24, 2.45) is 0 Å². The zero-order valence-electron chi connectivity index (χ0n) is 15.0. The van der Waals surface area contributed by atoms with E-state index in [2.05, 4.69) is 20.8 Å². The van der Waals surface area contributed by atoms with Crippen molar-refractivity contribution in [1.29, 1.82) is 0 Å². The molecule has 0 fully saturated rings. The zero-order valence-corrected chi connectivity index (χ0v) is 15.0. The Labute approximate surface area is 161 Å². The lowest BCUT2D eigenvalue weighted by Gasteiger charge is -2.14. The number of hydrogen-bond acceptors (Lipinski definition) is 3. The second kappa shape index (κ2) is 7.64. The van der Waals surface area contributed by atoms with E-state index in [-0.39, 0.29) is 17.4 Å². The van der Waals surface area contributed by atoms with E-state index in [4.69, 9.17) is 0 Å². The SMILES string of the molecule is O=C(NC1CCc2ccccc2NC1=O)c1cc(Cc2cccc(F)c2)n[nH]1. The monoisotopic (exact) mass is 378 g/mol. The maximum Gasteiger partial charge on any atom is 0.269 e. The Morgan fingerprint density at radius 3 is 2.89 bits per heavy atom. The summed E-state index contributed by atoms with van der Waals surface area (Å²) in [5.41, 5.74) is 3.48. The number of rotatable bonds is 4. The predicted molar refractivity (Wildman–Crippen MR) is 102 cm³/mol. The highest BCUT2D eigenvalue weighted by atomic mass is 19.1. The number of aromatic nitrogens is 2. The van der Waals surface area contributed by atoms with E-state index in [1.165, 1.54) is 12.1 Å². The summed E-state index contributed by atoms with van der Waals surface area (Å²) < 4.78 is 13.3. The van der Waals surface area contributed by atoms with E-state index < -0.39 is 11.9 Å². The van der Waals surface area contributed by atoms with Crippen LogP contribution in [-0.4, -0.2) is 28.1 Å². The van der Waals surface area contributed by atoms with Gasteiger partial charge in [-0.3, -0.25) is 14.7 Å². The molecule has 0 spiro atoms. The van der Waals surface area contributed by atoms with Crippen LogP contribution in [0.2, 0.25) is 0 Å². The zero-order chi connectivity index (χ0) is 19.5. The Hall–Kier alpha value is -3.48. The number of carbonyl (C=O) groups excluding carboxylic acids is 2. The first-order chi connectivity index (χ1) is 13.6. The third-order valence-electron chi connectivity index (χ3n) is 4.75. The van der Waals surface area contributed by atoms with Crippen LogP contribution in [0.4, 0.5) is 10.1 Å². The second-order valence-corrected chi connectivity index (χ2v) is 6.79. The fraction of sp³-hybridized carbons (Fsp3) is 0.190. The number of nitrogens with zero attached hydrogens (tertiary/aromatic N) is 1. The normalized spacial score (nSPS) is 16.0. The van der Waals surface area contributed by atoms with Crippen molar-refractivity contribution in [3.05, 3.63) is 82.9 Å². The number of hydrogen-bond donors (Lipinski definition) is 3. The average molecular weight is 378 g/mol. The lowest BCUT2D eigenvalue weighted by molar-refractivity contribution is -0.118. The fourth-order valence-electron chi connectivity index (χ4n) is 3.31. The maximum absolute atomic E-state index is 13.3. The largest absolute Gasteiger partial charge is 0.339 e. The highest BCUT2D eigenvalue weighted by molar-refractivity contribution is 6.01. The number of aromatic amines is 1. The molecule has 0 aliphatic carbocycles. The van der Waals surface area contributed by atoms with E-state index in [9.17, 15) is 14.0 Å². The highest BCUT2D eigenvalue weighted by Gasteiger charge is 2.25. The summed E-state index contributed by atoms with van der Waals surface area (Å²) in [5.74, 6) is -0.951. The van der Waals surface area contributed by atoms with E-state index in [0.717, 1.165) is 16.8 Å². The van der Waals surface area contributed by atoms with Crippen LogP contribution >= 0.6 is 0 Å². The quantitative estimate of drug-likeness (QED) is 0.652. The molecular weight excluding hydrogens is 359 g/mol. The van der Waals surface area contributed by atoms with Gasteiger partial charge in [-0.25, -0.2) is 4.39 Å². The van der Waals surface area contributed by atoms with Gasteiger partial charge in [0.1, 0.15) is 17.6 Å².